The maximum atomic E-state index is 12.0. The molecule has 2 fully saturated rings. The van der Waals surface area contributed by atoms with Gasteiger partial charge in [0.15, 0.2) is 0 Å². The van der Waals surface area contributed by atoms with E-state index in [9.17, 15) is 29.4 Å². The van der Waals surface area contributed by atoms with Gasteiger partial charge in [0.2, 0.25) is 0 Å². The molecule has 0 saturated carbocycles. The molecule has 2 aliphatic rings. The second-order valence-corrected chi connectivity index (χ2v) is 9.56. The highest BCUT2D eigenvalue weighted by Crippen LogP contribution is 2.20. The second-order valence-electron chi connectivity index (χ2n) is 9.56. The number of likely N-dealkylation sites (tertiary alicyclic amines) is 2. The summed E-state index contributed by atoms with van der Waals surface area (Å²) in [7, 11) is 0. The van der Waals surface area contributed by atoms with Gasteiger partial charge in [0, 0.05) is 0 Å². The Morgan fingerprint density at radius 1 is 0.625 bits per heavy atom. The second kappa shape index (κ2) is 14.8. The Bertz CT molecular complexity index is 1040. The van der Waals surface area contributed by atoms with Gasteiger partial charge in [-0.05, 0) is 36.8 Å². The zero-order valence-corrected chi connectivity index (χ0v) is 21.9. The Morgan fingerprint density at radius 3 is 1.30 bits per heavy atom. The lowest BCUT2D eigenvalue weighted by molar-refractivity contribution is -0.146. The summed E-state index contributed by atoms with van der Waals surface area (Å²) in [5.74, 6) is -2.15. The number of hydrogen-bond donors (Lipinski definition) is 4. The third-order valence-electron chi connectivity index (χ3n) is 6.56. The maximum absolute atomic E-state index is 12.0. The molecule has 12 heteroatoms. The number of carbonyl (C=O) groups is 4. The normalized spacial score (nSPS) is 22.4. The lowest BCUT2D eigenvalue weighted by atomic mass is 10.0. The van der Waals surface area contributed by atoms with E-state index in [1.807, 2.05) is 60.7 Å². The topological polar surface area (TPSA) is 174 Å². The molecule has 4 atom stereocenters. The number of carboxylic acids is 2. The Balaban J connectivity index is 0.000000220. The number of amides is 2. The summed E-state index contributed by atoms with van der Waals surface area (Å²) in [6, 6.07) is 16.4. The Hall–Kier alpha value is -4.16. The third kappa shape index (κ3) is 8.95. The minimum absolute atomic E-state index is 0.00934. The van der Waals surface area contributed by atoms with Gasteiger partial charge < -0.3 is 29.9 Å². The van der Waals surface area contributed by atoms with E-state index in [1.54, 1.807) is 0 Å². The number of nitrogens with zero attached hydrogens (tertiary/aromatic N) is 2. The van der Waals surface area contributed by atoms with Gasteiger partial charge in [-0.3, -0.25) is 9.80 Å². The number of aliphatic carboxylic acids is 2. The molecule has 2 aliphatic heterocycles. The summed E-state index contributed by atoms with van der Waals surface area (Å²) in [4.78, 5) is 48.3. The summed E-state index contributed by atoms with van der Waals surface area (Å²) in [6.45, 7) is 0.145. The first kappa shape index (κ1) is 30.4. The van der Waals surface area contributed by atoms with Gasteiger partial charge in [-0.1, -0.05) is 60.7 Å². The minimum atomic E-state index is -1.08. The average Bonchev–Trinajstić information content (AvgIpc) is 2.95. The van der Waals surface area contributed by atoms with Crippen LogP contribution < -0.4 is 0 Å². The van der Waals surface area contributed by atoms with Crippen molar-refractivity contribution in [3.63, 3.8) is 0 Å². The number of rotatable bonds is 6. The molecule has 0 radical (unpaired) electrons. The van der Waals surface area contributed by atoms with Crippen LogP contribution in [-0.4, -0.2) is 91.7 Å². The predicted octanol–water partition coefficient (Wildman–Crippen LogP) is 2.47. The lowest BCUT2D eigenvalue weighted by Crippen LogP contribution is -2.52. The zero-order chi connectivity index (χ0) is 29.1. The fourth-order valence-electron chi connectivity index (χ4n) is 4.42. The quantitative estimate of drug-likeness (QED) is 0.412. The number of carbonyl (C=O) groups excluding carboxylic acids is 2. The van der Waals surface area contributed by atoms with E-state index in [0.717, 1.165) is 20.9 Å². The molecule has 0 aromatic heterocycles. The molecule has 4 rings (SSSR count). The molecule has 0 aliphatic carbocycles. The number of aliphatic hydroxyl groups excluding tert-OH is 2. The summed E-state index contributed by atoms with van der Waals surface area (Å²) in [5.41, 5.74) is 1.65. The average molecular weight is 559 g/mol. The Morgan fingerprint density at radius 2 is 0.975 bits per heavy atom. The standard InChI is InChI=1S/2C14H17NO5/c2*16-11-6-7-12(13(17)18)15(8-11)14(19)20-9-10-4-2-1-3-5-10/h2*1-5,11-12,16H,6-9H2,(H,17,18)/t11-,12+;11-,12-/m10/s1. The van der Waals surface area contributed by atoms with E-state index < -0.39 is 48.4 Å². The van der Waals surface area contributed by atoms with Crippen LogP contribution in [0.5, 0.6) is 0 Å². The number of benzene rings is 2. The number of hydrogen-bond acceptors (Lipinski definition) is 8. The van der Waals surface area contributed by atoms with E-state index in [0.29, 0.717) is 12.8 Å². The van der Waals surface area contributed by atoms with Crippen LogP contribution >= 0.6 is 0 Å². The van der Waals surface area contributed by atoms with Crippen LogP contribution in [0.15, 0.2) is 60.7 Å². The number of carboxylic acid groups (broad SMARTS) is 2. The van der Waals surface area contributed by atoms with Crippen molar-refractivity contribution in [1.29, 1.82) is 0 Å². The van der Waals surface area contributed by atoms with Crippen LogP contribution in [0, 0.1) is 0 Å². The molecule has 40 heavy (non-hydrogen) atoms. The van der Waals surface area contributed by atoms with Crippen LogP contribution in [0.1, 0.15) is 36.8 Å². The monoisotopic (exact) mass is 558 g/mol. The Labute approximate surface area is 231 Å². The highest BCUT2D eigenvalue weighted by atomic mass is 16.6. The highest BCUT2D eigenvalue weighted by molar-refractivity contribution is 5.81. The SMILES string of the molecule is O=C(O)[C@@H]1CC[C@@H](O)CN1C(=O)OCc1ccccc1.O=C(O)[C@@H]1CC[C@H](O)CN1C(=O)OCc1ccccc1. The Kier molecular flexibility index (Phi) is 11.3. The van der Waals surface area contributed by atoms with E-state index in [1.165, 1.54) is 0 Å². The van der Waals surface area contributed by atoms with E-state index >= 15 is 0 Å². The van der Waals surface area contributed by atoms with Crippen molar-refractivity contribution < 1.29 is 49.1 Å². The molecular formula is C28H34N2O10. The summed E-state index contributed by atoms with van der Waals surface area (Å²) in [6.07, 6.45) is -1.60. The van der Waals surface area contributed by atoms with Gasteiger partial charge in [-0.25, -0.2) is 19.2 Å². The van der Waals surface area contributed by atoms with Crippen molar-refractivity contribution in [1.82, 2.24) is 9.80 Å². The van der Waals surface area contributed by atoms with Crippen LogP contribution in [0.25, 0.3) is 0 Å². The number of piperidine rings is 2. The van der Waals surface area contributed by atoms with E-state index in [2.05, 4.69) is 0 Å². The molecule has 4 N–H and O–H groups in total. The first-order valence-corrected chi connectivity index (χ1v) is 12.9. The van der Waals surface area contributed by atoms with E-state index in [-0.39, 0.29) is 39.1 Å². The molecule has 2 heterocycles. The fraction of sp³-hybridized carbons (Fsp3) is 0.429. The first-order valence-electron chi connectivity index (χ1n) is 12.9. The van der Waals surface area contributed by atoms with Gasteiger partial charge in [0.1, 0.15) is 25.3 Å². The van der Waals surface area contributed by atoms with Crippen molar-refractivity contribution in [3.05, 3.63) is 71.8 Å². The van der Waals surface area contributed by atoms with Gasteiger partial charge in [0.05, 0.1) is 25.3 Å². The molecule has 2 amide bonds. The molecular weight excluding hydrogens is 524 g/mol. The molecule has 0 bridgehead atoms. The van der Waals surface area contributed by atoms with Gasteiger partial charge in [-0.15, -0.1) is 0 Å². The number of aliphatic hydroxyl groups is 2. The van der Waals surface area contributed by atoms with Crippen molar-refractivity contribution in [2.75, 3.05) is 13.1 Å². The summed E-state index contributed by atoms with van der Waals surface area (Å²) >= 11 is 0. The molecule has 12 nitrogen and oxygen atoms in total. The van der Waals surface area contributed by atoms with E-state index in [4.69, 9.17) is 19.7 Å². The predicted molar refractivity (Wildman–Crippen MR) is 140 cm³/mol. The van der Waals surface area contributed by atoms with Crippen LogP contribution in [0.2, 0.25) is 0 Å². The van der Waals surface area contributed by atoms with Crippen LogP contribution in [-0.2, 0) is 32.3 Å². The van der Waals surface area contributed by atoms with Gasteiger partial charge in [-0.2, -0.15) is 0 Å². The van der Waals surface area contributed by atoms with Crippen LogP contribution in [0.3, 0.4) is 0 Å². The number of β-amino-alcohol motifs (C(OH)–C–C–N with tert-alkyl or cyclic N) is 2. The lowest BCUT2D eigenvalue weighted by Gasteiger charge is -2.34. The largest absolute Gasteiger partial charge is 0.480 e. The first-order chi connectivity index (χ1) is 19.2. The summed E-state index contributed by atoms with van der Waals surface area (Å²) in [5, 5.41) is 37.3. The van der Waals surface area contributed by atoms with Gasteiger partial charge >= 0.3 is 24.1 Å². The smallest absolute Gasteiger partial charge is 0.410 e. The molecule has 0 unspecified atom stereocenters. The van der Waals surface area contributed by atoms with Crippen molar-refractivity contribution >= 4 is 24.1 Å². The highest BCUT2D eigenvalue weighted by Gasteiger charge is 2.37. The van der Waals surface area contributed by atoms with Crippen molar-refractivity contribution in [2.45, 2.75) is 63.2 Å². The molecule has 0 spiro atoms. The van der Waals surface area contributed by atoms with Crippen molar-refractivity contribution in [2.24, 2.45) is 0 Å². The molecule has 2 aromatic rings. The van der Waals surface area contributed by atoms with Crippen LogP contribution in [0.4, 0.5) is 9.59 Å². The number of ether oxygens (including phenoxy) is 2. The molecule has 2 aromatic carbocycles. The zero-order valence-electron chi connectivity index (χ0n) is 21.9. The molecule has 216 valence electrons. The summed E-state index contributed by atoms with van der Waals surface area (Å²) < 4.78 is 10.2. The van der Waals surface area contributed by atoms with Crippen molar-refractivity contribution in [3.8, 4) is 0 Å². The molecule has 2 saturated heterocycles. The third-order valence-corrected chi connectivity index (χ3v) is 6.56. The maximum Gasteiger partial charge on any atom is 0.410 e. The van der Waals surface area contributed by atoms with Gasteiger partial charge in [0.25, 0.3) is 0 Å². The fourth-order valence-corrected chi connectivity index (χ4v) is 4.42. The minimum Gasteiger partial charge on any atom is -0.480 e.